The number of benzene rings is 1. The smallest absolute Gasteiger partial charge is 0.341 e. The van der Waals surface area contributed by atoms with Crippen molar-refractivity contribution in [2.45, 2.75) is 19.4 Å². The number of aromatic nitrogens is 3. The molecule has 1 aromatic carbocycles. The molecule has 1 atom stereocenters. The Kier molecular flexibility index (Phi) is 6.09. The summed E-state index contributed by atoms with van der Waals surface area (Å²) in [5.41, 5.74) is 1.06. The fraction of sp³-hybridized carbons (Fsp3) is 0.130. The maximum absolute atomic E-state index is 12.7. The molecule has 0 aliphatic heterocycles. The molecule has 10 heteroatoms. The van der Waals surface area contributed by atoms with E-state index in [4.69, 9.17) is 5.11 Å². The Morgan fingerprint density at radius 2 is 1.94 bits per heavy atom. The summed E-state index contributed by atoms with van der Waals surface area (Å²) in [6, 6.07) is 7.58. The number of Topliss-reactive ketones (excluding diaryl/α,β-unsaturated/α-hetero) is 1. The van der Waals surface area contributed by atoms with Crippen LogP contribution < -0.4 is 10.7 Å². The van der Waals surface area contributed by atoms with Crippen molar-refractivity contribution < 1.29 is 19.5 Å². The third-order valence-corrected chi connectivity index (χ3v) is 5.94. The molecular formula is C23H18N4O5S. The summed E-state index contributed by atoms with van der Waals surface area (Å²) in [4.78, 5) is 59.9. The van der Waals surface area contributed by atoms with E-state index in [-0.39, 0.29) is 28.8 Å². The molecule has 9 nitrogen and oxygen atoms in total. The van der Waals surface area contributed by atoms with E-state index in [0.717, 1.165) is 11.8 Å². The highest BCUT2D eigenvalue weighted by Gasteiger charge is 2.20. The van der Waals surface area contributed by atoms with Crippen molar-refractivity contribution in [1.29, 1.82) is 0 Å². The summed E-state index contributed by atoms with van der Waals surface area (Å²) >= 11 is 1.32. The minimum atomic E-state index is -1.33. The molecule has 0 bridgehead atoms. The lowest BCUT2D eigenvalue weighted by atomic mass is 10.0. The predicted molar refractivity (Wildman–Crippen MR) is 123 cm³/mol. The van der Waals surface area contributed by atoms with Crippen LogP contribution in [0.5, 0.6) is 0 Å². The van der Waals surface area contributed by atoms with Gasteiger partial charge in [-0.25, -0.2) is 9.78 Å². The zero-order valence-electron chi connectivity index (χ0n) is 17.4. The number of thiazole rings is 1. The molecule has 0 aliphatic carbocycles. The van der Waals surface area contributed by atoms with Crippen LogP contribution in [0.25, 0.3) is 21.5 Å². The van der Waals surface area contributed by atoms with Crippen LogP contribution in [0.4, 0.5) is 0 Å². The molecule has 0 unspecified atom stereocenters. The lowest BCUT2D eigenvalue weighted by molar-refractivity contribution is -0.119. The molecule has 33 heavy (non-hydrogen) atoms. The van der Waals surface area contributed by atoms with E-state index in [2.05, 4.69) is 20.3 Å². The number of fused-ring (bicyclic) bond motifs is 1. The van der Waals surface area contributed by atoms with Gasteiger partial charge in [-0.3, -0.25) is 19.4 Å². The predicted octanol–water partition coefficient (Wildman–Crippen LogP) is 2.67. The highest BCUT2D eigenvalue weighted by molar-refractivity contribution is 7.13. The van der Waals surface area contributed by atoms with Gasteiger partial charge in [0.2, 0.25) is 5.43 Å². The Morgan fingerprint density at radius 1 is 1.18 bits per heavy atom. The normalized spacial score (nSPS) is 11.8. The lowest BCUT2D eigenvalue weighted by Crippen LogP contribution is -2.39. The number of aromatic carboxylic acids is 1. The fourth-order valence-corrected chi connectivity index (χ4v) is 4.05. The van der Waals surface area contributed by atoms with Crippen LogP contribution in [0.1, 0.15) is 33.3 Å². The van der Waals surface area contributed by atoms with E-state index in [1.54, 1.807) is 49.0 Å². The third kappa shape index (κ3) is 4.70. The van der Waals surface area contributed by atoms with Gasteiger partial charge in [0.15, 0.2) is 5.78 Å². The van der Waals surface area contributed by atoms with Gasteiger partial charge in [-0.1, -0.05) is 6.07 Å². The standard InChI is InChI=1S/C23H18N4O5S/c1-12(26-21(30)18-11-33-22(27-18)14-4-6-24-7-5-14)19(28)9-13-2-3-17-15(8-13)20(29)16(10-25-17)23(31)32/h2-8,10-12H,9H2,1H3,(H,25,29)(H,26,30)(H,31,32)/t12-/m0/s1. The second-order valence-electron chi connectivity index (χ2n) is 7.33. The Bertz CT molecular complexity index is 1430. The largest absolute Gasteiger partial charge is 0.477 e. The number of carbonyl (C=O) groups is 3. The number of hydrogen-bond donors (Lipinski definition) is 3. The first kappa shape index (κ1) is 22.0. The number of hydrogen-bond acceptors (Lipinski definition) is 7. The number of amides is 1. The topological polar surface area (TPSA) is 142 Å². The molecule has 0 saturated carbocycles. The lowest BCUT2D eigenvalue weighted by Gasteiger charge is -2.12. The second kappa shape index (κ2) is 9.13. The molecule has 4 aromatic rings. The zero-order chi connectivity index (χ0) is 23.5. The third-order valence-electron chi connectivity index (χ3n) is 5.05. The molecule has 0 aliphatic rings. The number of nitrogens with one attached hydrogen (secondary N) is 2. The van der Waals surface area contributed by atoms with Crippen molar-refractivity contribution in [3.8, 4) is 10.6 Å². The van der Waals surface area contributed by atoms with E-state index < -0.39 is 23.3 Å². The van der Waals surface area contributed by atoms with Crippen LogP contribution in [-0.2, 0) is 11.2 Å². The fourth-order valence-electron chi connectivity index (χ4n) is 3.24. The zero-order valence-corrected chi connectivity index (χ0v) is 18.2. The maximum Gasteiger partial charge on any atom is 0.341 e. The molecular weight excluding hydrogens is 444 g/mol. The van der Waals surface area contributed by atoms with Crippen molar-refractivity contribution in [2.24, 2.45) is 0 Å². The van der Waals surface area contributed by atoms with Crippen LogP contribution in [0.2, 0.25) is 0 Å². The number of ketones is 1. The molecule has 0 spiro atoms. The quantitative estimate of drug-likeness (QED) is 0.383. The van der Waals surface area contributed by atoms with E-state index in [0.29, 0.717) is 16.1 Å². The van der Waals surface area contributed by atoms with Gasteiger partial charge in [0.25, 0.3) is 5.91 Å². The average molecular weight is 462 g/mol. The van der Waals surface area contributed by atoms with Crippen molar-refractivity contribution in [1.82, 2.24) is 20.3 Å². The summed E-state index contributed by atoms with van der Waals surface area (Å²) in [5, 5.41) is 14.3. The molecule has 3 aromatic heterocycles. The molecule has 4 rings (SSSR count). The number of carboxylic acids is 1. The van der Waals surface area contributed by atoms with Crippen molar-refractivity contribution in [3.63, 3.8) is 0 Å². The van der Waals surface area contributed by atoms with Crippen molar-refractivity contribution in [2.75, 3.05) is 0 Å². The number of carbonyl (C=O) groups excluding carboxylic acids is 2. The van der Waals surface area contributed by atoms with Gasteiger partial charge in [-0.15, -0.1) is 11.3 Å². The van der Waals surface area contributed by atoms with Gasteiger partial charge in [0.05, 0.1) is 6.04 Å². The highest BCUT2D eigenvalue weighted by Crippen LogP contribution is 2.22. The second-order valence-corrected chi connectivity index (χ2v) is 8.19. The molecule has 3 N–H and O–H groups in total. The van der Waals surface area contributed by atoms with Gasteiger partial charge in [0.1, 0.15) is 16.3 Å². The van der Waals surface area contributed by atoms with Crippen LogP contribution in [0.3, 0.4) is 0 Å². The molecule has 1 amide bonds. The van der Waals surface area contributed by atoms with E-state index in [1.165, 1.54) is 17.4 Å². The summed E-state index contributed by atoms with van der Waals surface area (Å²) in [6.07, 6.45) is 4.39. The Morgan fingerprint density at radius 3 is 2.67 bits per heavy atom. The SMILES string of the molecule is C[C@H](NC(=O)c1csc(-c2ccncc2)n1)C(=O)Cc1ccc2[nH]cc(C(=O)O)c(=O)c2c1. The first-order valence-corrected chi connectivity index (χ1v) is 10.8. The Balaban J connectivity index is 1.45. The maximum atomic E-state index is 12.7. The summed E-state index contributed by atoms with van der Waals surface area (Å²) in [6.45, 7) is 1.58. The summed E-state index contributed by atoms with van der Waals surface area (Å²) in [7, 11) is 0. The highest BCUT2D eigenvalue weighted by atomic mass is 32.1. The van der Waals surface area contributed by atoms with Gasteiger partial charge in [-0.05, 0) is 36.8 Å². The molecule has 0 fully saturated rings. The number of H-pyrrole nitrogens is 1. The van der Waals surface area contributed by atoms with Gasteiger partial charge in [0, 0.05) is 46.9 Å². The number of carboxylic acid groups (broad SMARTS) is 1. The molecule has 0 radical (unpaired) electrons. The van der Waals surface area contributed by atoms with Crippen LogP contribution in [-0.4, -0.2) is 43.8 Å². The molecule has 166 valence electrons. The minimum Gasteiger partial charge on any atom is -0.477 e. The van der Waals surface area contributed by atoms with Gasteiger partial charge < -0.3 is 15.4 Å². The average Bonchev–Trinajstić information content (AvgIpc) is 3.30. The monoisotopic (exact) mass is 462 g/mol. The van der Waals surface area contributed by atoms with Gasteiger partial charge in [-0.2, -0.15) is 0 Å². The van der Waals surface area contributed by atoms with Crippen molar-refractivity contribution >= 4 is 39.9 Å². The Hall–Kier alpha value is -4.18. The minimum absolute atomic E-state index is 0.0343. The molecule has 3 heterocycles. The van der Waals surface area contributed by atoms with E-state index in [1.807, 2.05) is 0 Å². The van der Waals surface area contributed by atoms with Crippen molar-refractivity contribution in [3.05, 3.63) is 81.3 Å². The first-order valence-electron chi connectivity index (χ1n) is 9.90. The van der Waals surface area contributed by atoms with E-state index >= 15 is 0 Å². The van der Waals surface area contributed by atoms with Crippen LogP contribution in [0.15, 0.2) is 59.1 Å². The number of aromatic amines is 1. The van der Waals surface area contributed by atoms with Gasteiger partial charge >= 0.3 is 5.97 Å². The first-order chi connectivity index (χ1) is 15.8. The number of nitrogens with zero attached hydrogens (tertiary/aromatic N) is 2. The number of rotatable bonds is 7. The summed E-state index contributed by atoms with van der Waals surface area (Å²) in [5.74, 6) is -2.06. The molecule has 0 saturated heterocycles. The van der Waals surface area contributed by atoms with Crippen LogP contribution >= 0.6 is 11.3 Å². The Labute approximate surface area is 191 Å². The van der Waals surface area contributed by atoms with Crippen LogP contribution in [0, 0.1) is 0 Å². The van der Waals surface area contributed by atoms with E-state index in [9.17, 15) is 19.2 Å². The number of pyridine rings is 2. The summed E-state index contributed by atoms with van der Waals surface area (Å²) < 4.78 is 0.